The van der Waals surface area contributed by atoms with Crippen molar-refractivity contribution in [2.75, 3.05) is 19.7 Å². The van der Waals surface area contributed by atoms with Gasteiger partial charge in [0.05, 0.1) is 0 Å². The molecule has 0 aromatic heterocycles. The Balaban J connectivity index is 3.59. The van der Waals surface area contributed by atoms with Crippen LogP contribution in [0.4, 0.5) is 4.79 Å². The summed E-state index contributed by atoms with van der Waals surface area (Å²) in [5.41, 5.74) is 0. The summed E-state index contributed by atoms with van der Waals surface area (Å²) in [6.07, 6.45) is 4.24. The van der Waals surface area contributed by atoms with Crippen LogP contribution in [-0.2, 0) is 4.74 Å². The minimum Gasteiger partial charge on any atom is -0.448 e. The lowest BCUT2D eigenvalue weighted by Crippen LogP contribution is -2.43. The Morgan fingerprint density at radius 1 is 0.870 bits per heavy atom. The molecule has 1 atom stereocenters. The van der Waals surface area contributed by atoms with E-state index in [1.54, 1.807) is 0 Å². The molecule has 3 N–H and O–H groups in total. The van der Waals surface area contributed by atoms with Crippen LogP contribution < -0.4 is 16.0 Å². The van der Waals surface area contributed by atoms with Gasteiger partial charge in [-0.15, -0.1) is 0 Å². The van der Waals surface area contributed by atoms with Crippen molar-refractivity contribution in [3.63, 3.8) is 0 Å². The molecule has 1 unspecified atom stereocenters. The molecular formula is C18H39N3O2. The minimum absolute atomic E-state index is 0.203. The van der Waals surface area contributed by atoms with Crippen molar-refractivity contribution in [1.82, 2.24) is 16.0 Å². The number of unbranched alkanes of at least 4 members (excludes halogenated alkanes) is 3. The van der Waals surface area contributed by atoms with Crippen molar-refractivity contribution in [3.8, 4) is 0 Å². The standard InChI is InChI=1S/C18H39N3O2/c1-14(2)17(21-16(5)6)13-23-18(22)20-12-10-8-7-9-11-19-15(3)4/h14-17,19,21H,7-13H2,1-6H3,(H,20,22). The van der Waals surface area contributed by atoms with E-state index in [1.165, 1.54) is 12.8 Å². The third kappa shape index (κ3) is 14.5. The maximum Gasteiger partial charge on any atom is 0.407 e. The zero-order valence-corrected chi connectivity index (χ0v) is 16.1. The first-order valence-electron chi connectivity index (χ1n) is 9.23. The number of amides is 1. The van der Waals surface area contributed by atoms with E-state index in [-0.39, 0.29) is 12.1 Å². The summed E-state index contributed by atoms with van der Waals surface area (Å²) in [7, 11) is 0. The SMILES string of the molecule is CC(C)NCCCCCCNC(=O)OCC(NC(C)C)C(C)C. The summed E-state index contributed by atoms with van der Waals surface area (Å²) < 4.78 is 5.32. The summed E-state index contributed by atoms with van der Waals surface area (Å²) >= 11 is 0. The number of rotatable bonds is 13. The topological polar surface area (TPSA) is 62.4 Å². The van der Waals surface area contributed by atoms with E-state index in [1.807, 2.05) is 0 Å². The molecule has 5 nitrogen and oxygen atoms in total. The maximum absolute atomic E-state index is 11.7. The second kappa shape index (κ2) is 13.6. The average Bonchev–Trinajstić information content (AvgIpc) is 2.45. The van der Waals surface area contributed by atoms with Crippen LogP contribution in [-0.4, -0.2) is 43.9 Å². The van der Waals surface area contributed by atoms with Gasteiger partial charge >= 0.3 is 6.09 Å². The molecule has 0 bridgehead atoms. The molecule has 0 aromatic rings. The normalized spacial score (nSPS) is 12.9. The van der Waals surface area contributed by atoms with Gasteiger partial charge < -0.3 is 20.7 Å². The van der Waals surface area contributed by atoms with Crippen molar-refractivity contribution in [1.29, 1.82) is 0 Å². The fourth-order valence-electron chi connectivity index (χ4n) is 2.26. The van der Waals surface area contributed by atoms with Gasteiger partial charge in [0, 0.05) is 24.7 Å². The van der Waals surface area contributed by atoms with Crippen LogP contribution in [0, 0.1) is 5.92 Å². The van der Waals surface area contributed by atoms with E-state index in [4.69, 9.17) is 4.74 Å². The molecule has 0 heterocycles. The Kier molecular flexibility index (Phi) is 13.1. The van der Waals surface area contributed by atoms with E-state index in [2.05, 4.69) is 57.5 Å². The van der Waals surface area contributed by atoms with Crippen molar-refractivity contribution < 1.29 is 9.53 Å². The number of alkyl carbamates (subject to hydrolysis) is 1. The third-order valence-corrected chi connectivity index (χ3v) is 3.67. The van der Waals surface area contributed by atoms with Crippen LogP contribution in [0.3, 0.4) is 0 Å². The van der Waals surface area contributed by atoms with Crippen molar-refractivity contribution >= 4 is 6.09 Å². The fraction of sp³-hybridized carbons (Fsp3) is 0.944. The zero-order chi connectivity index (χ0) is 17.7. The van der Waals surface area contributed by atoms with Crippen LogP contribution in [0.2, 0.25) is 0 Å². The second-order valence-corrected chi connectivity index (χ2v) is 7.22. The van der Waals surface area contributed by atoms with Crippen molar-refractivity contribution in [2.24, 2.45) is 5.92 Å². The third-order valence-electron chi connectivity index (χ3n) is 3.67. The second-order valence-electron chi connectivity index (χ2n) is 7.22. The Hall–Kier alpha value is -0.810. The van der Waals surface area contributed by atoms with Crippen LogP contribution in [0.5, 0.6) is 0 Å². The first kappa shape index (κ1) is 22.2. The van der Waals surface area contributed by atoms with Crippen molar-refractivity contribution in [3.05, 3.63) is 0 Å². The zero-order valence-electron chi connectivity index (χ0n) is 16.1. The predicted octanol–water partition coefficient (Wildman–Crippen LogP) is 3.29. The number of carbonyl (C=O) groups excluding carboxylic acids is 1. The minimum atomic E-state index is -0.303. The molecular weight excluding hydrogens is 290 g/mol. The van der Waals surface area contributed by atoms with E-state index >= 15 is 0 Å². The average molecular weight is 330 g/mol. The molecule has 0 rings (SSSR count). The van der Waals surface area contributed by atoms with Crippen molar-refractivity contribution in [2.45, 2.75) is 85.4 Å². The van der Waals surface area contributed by atoms with Gasteiger partial charge in [0.2, 0.25) is 0 Å². The molecule has 0 saturated heterocycles. The van der Waals surface area contributed by atoms with Gasteiger partial charge in [0.25, 0.3) is 0 Å². The molecule has 23 heavy (non-hydrogen) atoms. The Labute approximate surface area is 143 Å². The van der Waals surface area contributed by atoms with Crippen LogP contribution in [0.15, 0.2) is 0 Å². The van der Waals surface area contributed by atoms with Crippen LogP contribution in [0.1, 0.15) is 67.2 Å². The molecule has 0 aliphatic rings. The van der Waals surface area contributed by atoms with Gasteiger partial charge in [0.15, 0.2) is 0 Å². The molecule has 138 valence electrons. The van der Waals surface area contributed by atoms with Gasteiger partial charge in [0.1, 0.15) is 6.61 Å². The Morgan fingerprint density at radius 3 is 2.00 bits per heavy atom. The van der Waals surface area contributed by atoms with E-state index < -0.39 is 0 Å². The number of carbonyl (C=O) groups is 1. The smallest absolute Gasteiger partial charge is 0.407 e. The first-order chi connectivity index (χ1) is 10.8. The highest BCUT2D eigenvalue weighted by atomic mass is 16.5. The lowest BCUT2D eigenvalue weighted by atomic mass is 10.0. The van der Waals surface area contributed by atoms with Gasteiger partial charge in [-0.25, -0.2) is 4.79 Å². The highest BCUT2D eigenvalue weighted by molar-refractivity contribution is 5.67. The number of nitrogens with one attached hydrogen (secondary N) is 3. The first-order valence-corrected chi connectivity index (χ1v) is 9.23. The summed E-state index contributed by atoms with van der Waals surface area (Å²) in [6, 6.07) is 1.15. The molecule has 0 radical (unpaired) electrons. The Bertz CT molecular complexity index is 294. The van der Waals surface area contributed by atoms with Gasteiger partial charge in [-0.1, -0.05) is 54.4 Å². The lowest BCUT2D eigenvalue weighted by Gasteiger charge is -2.24. The van der Waals surface area contributed by atoms with Gasteiger partial charge in [-0.3, -0.25) is 0 Å². The predicted molar refractivity (Wildman–Crippen MR) is 97.9 cm³/mol. The van der Waals surface area contributed by atoms with E-state index in [9.17, 15) is 4.79 Å². The molecule has 0 fully saturated rings. The molecule has 0 saturated carbocycles. The lowest BCUT2D eigenvalue weighted by molar-refractivity contribution is 0.122. The molecule has 0 aliphatic heterocycles. The number of hydrogen-bond donors (Lipinski definition) is 3. The van der Waals surface area contributed by atoms with Gasteiger partial charge in [-0.2, -0.15) is 0 Å². The van der Waals surface area contributed by atoms with Crippen LogP contribution >= 0.6 is 0 Å². The quantitative estimate of drug-likeness (QED) is 0.454. The van der Waals surface area contributed by atoms with E-state index in [0.29, 0.717) is 31.2 Å². The van der Waals surface area contributed by atoms with E-state index in [0.717, 1.165) is 19.4 Å². The molecule has 1 amide bonds. The largest absolute Gasteiger partial charge is 0.448 e. The Morgan fingerprint density at radius 2 is 1.48 bits per heavy atom. The summed E-state index contributed by atoms with van der Waals surface area (Å²) in [5.74, 6) is 0.435. The monoisotopic (exact) mass is 329 g/mol. The highest BCUT2D eigenvalue weighted by Crippen LogP contribution is 2.04. The van der Waals surface area contributed by atoms with Crippen LogP contribution in [0.25, 0.3) is 0 Å². The number of hydrogen-bond acceptors (Lipinski definition) is 4. The fourth-order valence-corrected chi connectivity index (χ4v) is 2.26. The summed E-state index contributed by atoms with van der Waals surface area (Å²) in [5, 5.41) is 9.67. The van der Waals surface area contributed by atoms with Gasteiger partial charge in [-0.05, 0) is 25.3 Å². The molecule has 0 spiro atoms. The molecule has 0 aliphatic carbocycles. The number of ether oxygens (including phenoxy) is 1. The highest BCUT2D eigenvalue weighted by Gasteiger charge is 2.16. The molecule has 5 heteroatoms. The maximum atomic E-state index is 11.7. The summed E-state index contributed by atoms with van der Waals surface area (Å²) in [6.45, 7) is 15.0. The molecule has 0 aromatic carbocycles. The summed E-state index contributed by atoms with van der Waals surface area (Å²) in [4.78, 5) is 11.7.